The lowest BCUT2D eigenvalue weighted by atomic mass is 10.2. The largest absolute Gasteiger partial charge is 0.495 e. The number of methoxy groups -OCH3 is 1. The summed E-state index contributed by atoms with van der Waals surface area (Å²) in [5.74, 6) is 1.94. The van der Waals surface area contributed by atoms with Crippen molar-refractivity contribution in [3.8, 4) is 11.6 Å². The van der Waals surface area contributed by atoms with Crippen LogP contribution in [0.2, 0.25) is 0 Å². The third-order valence-corrected chi connectivity index (χ3v) is 5.22. The lowest BCUT2D eigenvalue weighted by molar-refractivity contribution is 0.278. The standard InChI is InChI=1S/C22H25N5O3/c1-14-4-5-16(23-10-14)11-24-20-9-21(26-27(2)22(20)28)30-13-15-8-18(15)19-7-6-17(29-3)12-25-19/h4-7,9-10,12,15,18,24H,8,11,13H2,1-3H3. The molecule has 1 aliphatic carbocycles. The van der Waals surface area contributed by atoms with Crippen molar-refractivity contribution < 1.29 is 9.47 Å². The molecule has 1 N–H and O–H groups in total. The molecule has 1 saturated carbocycles. The van der Waals surface area contributed by atoms with Gasteiger partial charge in [-0.1, -0.05) is 6.07 Å². The van der Waals surface area contributed by atoms with Crippen LogP contribution < -0.4 is 20.3 Å². The molecule has 8 heteroatoms. The molecule has 0 radical (unpaired) electrons. The van der Waals surface area contributed by atoms with E-state index in [1.54, 1.807) is 32.6 Å². The van der Waals surface area contributed by atoms with Gasteiger partial charge in [-0.05, 0) is 37.1 Å². The monoisotopic (exact) mass is 407 g/mol. The van der Waals surface area contributed by atoms with Gasteiger partial charge in [0.25, 0.3) is 5.56 Å². The molecule has 1 fully saturated rings. The van der Waals surface area contributed by atoms with Gasteiger partial charge in [0, 0.05) is 36.8 Å². The summed E-state index contributed by atoms with van der Waals surface area (Å²) in [6, 6.07) is 9.50. The molecule has 0 bridgehead atoms. The minimum absolute atomic E-state index is 0.207. The minimum atomic E-state index is -0.207. The summed E-state index contributed by atoms with van der Waals surface area (Å²) < 4.78 is 12.3. The Morgan fingerprint density at radius 3 is 2.77 bits per heavy atom. The summed E-state index contributed by atoms with van der Waals surface area (Å²) in [7, 11) is 3.25. The predicted octanol–water partition coefficient (Wildman–Crippen LogP) is 2.68. The summed E-state index contributed by atoms with van der Waals surface area (Å²) in [4.78, 5) is 21.2. The number of hydrogen-bond acceptors (Lipinski definition) is 7. The van der Waals surface area contributed by atoms with Gasteiger partial charge in [0.2, 0.25) is 5.88 Å². The van der Waals surface area contributed by atoms with Crippen LogP contribution in [0.1, 0.15) is 29.3 Å². The number of aromatic nitrogens is 4. The van der Waals surface area contributed by atoms with E-state index < -0.39 is 0 Å². The first-order chi connectivity index (χ1) is 14.5. The summed E-state index contributed by atoms with van der Waals surface area (Å²) in [5, 5.41) is 7.36. The van der Waals surface area contributed by atoms with Crippen molar-refractivity contribution in [2.75, 3.05) is 19.0 Å². The highest BCUT2D eigenvalue weighted by Crippen LogP contribution is 2.46. The zero-order chi connectivity index (χ0) is 21.1. The van der Waals surface area contributed by atoms with Gasteiger partial charge >= 0.3 is 0 Å². The highest BCUT2D eigenvalue weighted by molar-refractivity contribution is 5.43. The first-order valence-electron chi connectivity index (χ1n) is 9.90. The molecule has 3 aromatic heterocycles. The molecule has 0 spiro atoms. The van der Waals surface area contributed by atoms with E-state index in [4.69, 9.17) is 9.47 Å². The number of nitrogens with zero attached hydrogens (tertiary/aromatic N) is 4. The van der Waals surface area contributed by atoms with Crippen molar-refractivity contribution in [3.05, 3.63) is 70.0 Å². The van der Waals surface area contributed by atoms with Crippen LogP contribution in [0.15, 0.2) is 47.5 Å². The zero-order valence-electron chi connectivity index (χ0n) is 17.3. The second kappa shape index (κ2) is 8.52. The van der Waals surface area contributed by atoms with Crippen molar-refractivity contribution in [2.24, 2.45) is 13.0 Å². The Balaban J connectivity index is 1.36. The Kier molecular flexibility index (Phi) is 5.65. The van der Waals surface area contributed by atoms with E-state index in [9.17, 15) is 4.79 Å². The van der Waals surface area contributed by atoms with Gasteiger partial charge in [0.1, 0.15) is 11.4 Å². The number of rotatable bonds is 8. The zero-order valence-corrected chi connectivity index (χ0v) is 17.3. The Labute approximate surface area is 174 Å². The predicted molar refractivity (Wildman–Crippen MR) is 113 cm³/mol. The van der Waals surface area contributed by atoms with Gasteiger partial charge in [0.15, 0.2) is 0 Å². The lowest BCUT2D eigenvalue weighted by Gasteiger charge is -2.10. The average molecular weight is 407 g/mol. The van der Waals surface area contributed by atoms with Crippen molar-refractivity contribution in [2.45, 2.75) is 25.8 Å². The second-order valence-corrected chi connectivity index (χ2v) is 7.54. The molecule has 0 aromatic carbocycles. The number of aryl methyl sites for hydroxylation is 2. The Hall–Kier alpha value is -3.42. The normalized spacial score (nSPS) is 17.4. The van der Waals surface area contributed by atoms with E-state index in [0.29, 0.717) is 36.6 Å². The summed E-state index contributed by atoms with van der Waals surface area (Å²) >= 11 is 0. The molecule has 0 aliphatic heterocycles. The Bertz CT molecular complexity index is 1060. The summed E-state index contributed by atoms with van der Waals surface area (Å²) in [6.45, 7) is 2.97. The average Bonchev–Trinajstić information content (AvgIpc) is 3.54. The maximum absolute atomic E-state index is 12.4. The van der Waals surface area contributed by atoms with Crippen molar-refractivity contribution in [1.29, 1.82) is 0 Å². The Morgan fingerprint density at radius 1 is 1.20 bits per heavy atom. The maximum Gasteiger partial charge on any atom is 0.290 e. The van der Waals surface area contributed by atoms with E-state index >= 15 is 0 Å². The number of pyridine rings is 2. The molecule has 30 heavy (non-hydrogen) atoms. The fraction of sp³-hybridized carbons (Fsp3) is 0.364. The first kappa shape index (κ1) is 19.9. The molecule has 8 nitrogen and oxygen atoms in total. The van der Waals surface area contributed by atoms with E-state index in [1.165, 1.54) is 4.68 Å². The van der Waals surface area contributed by atoms with Crippen LogP contribution >= 0.6 is 0 Å². The molecule has 2 unspecified atom stereocenters. The number of hydrogen-bond donors (Lipinski definition) is 1. The number of anilines is 1. The van der Waals surface area contributed by atoms with E-state index in [0.717, 1.165) is 29.1 Å². The minimum Gasteiger partial charge on any atom is -0.495 e. The highest BCUT2D eigenvalue weighted by atomic mass is 16.5. The fourth-order valence-corrected chi connectivity index (χ4v) is 3.29. The molecule has 4 rings (SSSR count). The number of nitrogens with one attached hydrogen (secondary N) is 1. The van der Waals surface area contributed by atoms with Gasteiger partial charge in [-0.2, -0.15) is 0 Å². The molecule has 2 atom stereocenters. The number of ether oxygens (including phenoxy) is 2. The van der Waals surface area contributed by atoms with Crippen molar-refractivity contribution in [1.82, 2.24) is 19.7 Å². The molecular formula is C22H25N5O3. The van der Waals surface area contributed by atoms with Crippen LogP contribution in [-0.4, -0.2) is 33.5 Å². The molecule has 0 saturated heterocycles. The van der Waals surface area contributed by atoms with Gasteiger partial charge in [-0.3, -0.25) is 14.8 Å². The van der Waals surface area contributed by atoms with E-state index in [1.807, 2.05) is 31.2 Å². The SMILES string of the molecule is COc1ccc(C2CC2COc2cc(NCc3ccc(C)cn3)c(=O)n(C)n2)nc1. The fourth-order valence-electron chi connectivity index (χ4n) is 3.29. The van der Waals surface area contributed by atoms with Crippen LogP contribution in [0.3, 0.4) is 0 Å². The van der Waals surface area contributed by atoms with Crippen LogP contribution in [0.5, 0.6) is 11.6 Å². The van der Waals surface area contributed by atoms with Crippen LogP contribution in [0, 0.1) is 12.8 Å². The van der Waals surface area contributed by atoms with Crippen molar-refractivity contribution in [3.63, 3.8) is 0 Å². The van der Waals surface area contributed by atoms with Crippen LogP contribution in [0.4, 0.5) is 5.69 Å². The van der Waals surface area contributed by atoms with Gasteiger partial charge in [-0.25, -0.2) is 4.68 Å². The quantitative estimate of drug-likeness (QED) is 0.614. The molecule has 0 amide bonds. The van der Waals surface area contributed by atoms with Crippen LogP contribution in [-0.2, 0) is 13.6 Å². The van der Waals surface area contributed by atoms with Crippen molar-refractivity contribution >= 4 is 5.69 Å². The van der Waals surface area contributed by atoms with Gasteiger partial charge in [-0.15, -0.1) is 5.10 Å². The first-order valence-corrected chi connectivity index (χ1v) is 9.90. The second-order valence-electron chi connectivity index (χ2n) is 7.54. The lowest BCUT2D eigenvalue weighted by Crippen LogP contribution is -2.24. The molecule has 1 aliphatic rings. The molecule has 3 aromatic rings. The van der Waals surface area contributed by atoms with Gasteiger partial charge in [0.05, 0.1) is 32.2 Å². The summed E-state index contributed by atoms with van der Waals surface area (Å²) in [5.41, 5.74) is 3.23. The maximum atomic E-state index is 12.4. The molecular weight excluding hydrogens is 382 g/mol. The summed E-state index contributed by atoms with van der Waals surface area (Å²) in [6.07, 6.45) is 4.57. The topological polar surface area (TPSA) is 91.2 Å². The third kappa shape index (κ3) is 4.59. The van der Waals surface area contributed by atoms with E-state index in [-0.39, 0.29) is 5.56 Å². The highest BCUT2D eigenvalue weighted by Gasteiger charge is 2.40. The molecule has 3 heterocycles. The smallest absolute Gasteiger partial charge is 0.290 e. The Morgan fingerprint density at radius 2 is 2.07 bits per heavy atom. The van der Waals surface area contributed by atoms with Crippen LogP contribution in [0.25, 0.3) is 0 Å². The molecule has 156 valence electrons. The third-order valence-electron chi connectivity index (χ3n) is 5.22. The van der Waals surface area contributed by atoms with E-state index in [2.05, 4.69) is 20.4 Å². The van der Waals surface area contributed by atoms with Gasteiger partial charge < -0.3 is 14.8 Å².